The Labute approximate surface area is 155 Å². The molecule has 2 aromatic carbocycles. The van der Waals surface area contributed by atoms with Gasteiger partial charge in [-0.05, 0) is 72.3 Å². The van der Waals surface area contributed by atoms with Gasteiger partial charge in [0.1, 0.15) is 0 Å². The molecule has 5 atom stereocenters. The van der Waals surface area contributed by atoms with E-state index in [2.05, 4.69) is 51.6 Å². The molecule has 2 bridgehead atoms. The molecule has 3 nitrogen and oxygen atoms in total. The molecule has 0 unspecified atom stereocenters. The number of aromatic carboxylic acids is 1. The average molecular weight is 398 g/mol. The predicted octanol–water partition coefficient (Wildman–Crippen LogP) is 5.44. The zero-order chi connectivity index (χ0) is 17.1. The number of anilines is 1. The summed E-state index contributed by atoms with van der Waals surface area (Å²) in [6.45, 7) is 0. The van der Waals surface area contributed by atoms with Gasteiger partial charge in [0.25, 0.3) is 0 Å². The van der Waals surface area contributed by atoms with E-state index in [4.69, 9.17) is 0 Å². The Balaban J connectivity index is 1.67. The van der Waals surface area contributed by atoms with Crippen LogP contribution in [0.25, 0.3) is 0 Å². The molecular weight excluding hydrogens is 378 g/mol. The van der Waals surface area contributed by atoms with Crippen molar-refractivity contribution in [1.29, 1.82) is 0 Å². The zero-order valence-electron chi connectivity index (χ0n) is 13.8. The van der Waals surface area contributed by atoms with E-state index in [-0.39, 0.29) is 6.04 Å². The molecule has 2 aromatic rings. The Morgan fingerprint density at radius 1 is 1.08 bits per heavy atom. The molecule has 2 saturated carbocycles. The molecule has 0 saturated heterocycles. The minimum atomic E-state index is -0.847. The highest BCUT2D eigenvalue weighted by Gasteiger charge is 2.54. The van der Waals surface area contributed by atoms with Crippen LogP contribution in [0.15, 0.2) is 46.9 Å². The fraction of sp³-hybridized carbons (Fsp3) is 0.381. The van der Waals surface area contributed by atoms with Crippen LogP contribution in [-0.4, -0.2) is 11.1 Å². The monoisotopic (exact) mass is 397 g/mol. The number of para-hydroxylation sites is 1. The SMILES string of the molecule is O=C(O)c1cccc2c1N[C@H](c1ccc(Br)cc1)[C@@H]1[C@@H]3CC[C@@H](C3)[C@@H]21. The lowest BCUT2D eigenvalue weighted by Gasteiger charge is -2.44. The lowest BCUT2D eigenvalue weighted by Crippen LogP contribution is -2.36. The van der Waals surface area contributed by atoms with Gasteiger partial charge in [0.05, 0.1) is 17.3 Å². The molecular formula is C21H20BrNO2. The normalized spacial score (nSPS) is 32.0. The molecule has 5 rings (SSSR count). The van der Waals surface area contributed by atoms with Crippen molar-refractivity contribution in [2.75, 3.05) is 5.32 Å². The molecule has 25 heavy (non-hydrogen) atoms. The predicted molar refractivity (Wildman–Crippen MR) is 101 cm³/mol. The van der Waals surface area contributed by atoms with Gasteiger partial charge in [0, 0.05) is 4.47 Å². The van der Waals surface area contributed by atoms with E-state index in [1.165, 1.54) is 30.4 Å². The summed E-state index contributed by atoms with van der Waals surface area (Å²) in [4.78, 5) is 11.8. The fourth-order valence-corrected chi connectivity index (χ4v) is 5.96. The molecule has 2 fully saturated rings. The highest BCUT2D eigenvalue weighted by molar-refractivity contribution is 9.10. The van der Waals surface area contributed by atoms with E-state index >= 15 is 0 Å². The first-order valence-corrected chi connectivity index (χ1v) is 9.81. The summed E-state index contributed by atoms with van der Waals surface area (Å²) in [6, 6.07) is 14.5. The van der Waals surface area contributed by atoms with E-state index in [0.29, 0.717) is 23.3 Å². The van der Waals surface area contributed by atoms with Gasteiger partial charge < -0.3 is 10.4 Å². The number of carbonyl (C=O) groups is 1. The fourth-order valence-electron chi connectivity index (χ4n) is 5.69. The summed E-state index contributed by atoms with van der Waals surface area (Å²) in [7, 11) is 0. The summed E-state index contributed by atoms with van der Waals surface area (Å²) in [5.41, 5.74) is 3.74. The molecule has 0 spiro atoms. The van der Waals surface area contributed by atoms with Crippen molar-refractivity contribution in [1.82, 2.24) is 0 Å². The largest absolute Gasteiger partial charge is 0.478 e. The maximum absolute atomic E-state index is 11.8. The van der Waals surface area contributed by atoms with Crippen LogP contribution in [0.5, 0.6) is 0 Å². The van der Waals surface area contributed by atoms with Crippen LogP contribution in [0.1, 0.15) is 52.7 Å². The molecule has 0 radical (unpaired) electrons. The third-order valence-electron chi connectivity index (χ3n) is 6.58. The van der Waals surface area contributed by atoms with Crippen LogP contribution in [0.2, 0.25) is 0 Å². The molecule has 2 N–H and O–H groups in total. The average Bonchev–Trinajstić information content (AvgIpc) is 3.23. The summed E-state index contributed by atoms with van der Waals surface area (Å²) < 4.78 is 1.07. The van der Waals surface area contributed by atoms with E-state index in [0.717, 1.165) is 16.1 Å². The molecule has 128 valence electrons. The van der Waals surface area contributed by atoms with E-state index in [1.807, 2.05) is 6.07 Å². The number of fused-ring (bicyclic) bond motifs is 7. The maximum atomic E-state index is 11.8. The van der Waals surface area contributed by atoms with Gasteiger partial charge in [-0.3, -0.25) is 0 Å². The van der Waals surface area contributed by atoms with Gasteiger partial charge in [-0.25, -0.2) is 4.79 Å². The Bertz CT molecular complexity index is 847. The number of carboxylic acid groups (broad SMARTS) is 1. The van der Waals surface area contributed by atoms with Crippen molar-refractivity contribution >= 4 is 27.6 Å². The summed E-state index contributed by atoms with van der Waals surface area (Å²) in [6.07, 6.45) is 3.89. The van der Waals surface area contributed by atoms with Crippen LogP contribution in [0, 0.1) is 17.8 Å². The van der Waals surface area contributed by atoms with E-state index in [1.54, 1.807) is 6.07 Å². The van der Waals surface area contributed by atoms with Crippen molar-refractivity contribution in [3.63, 3.8) is 0 Å². The van der Waals surface area contributed by atoms with Crippen LogP contribution in [0.4, 0.5) is 5.69 Å². The Morgan fingerprint density at radius 2 is 1.84 bits per heavy atom. The first kappa shape index (κ1) is 15.4. The van der Waals surface area contributed by atoms with Crippen LogP contribution >= 0.6 is 15.9 Å². The number of hydrogen-bond acceptors (Lipinski definition) is 2. The molecule has 1 heterocycles. The first-order valence-electron chi connectivity index (χ1n) is 9.01. The summed E-state index contributed by atoms with van der Waals surface area (Å²) >= 11 is 3.52. The number of hydrogen-bond donors (Lipinski definition) is 2. The van der Waals surface area contributed by atoms with Gasteiger partial charge in [-0.2, -0.15) is 0 Å². The third-order valence-corrected chi connectivity index (χ3v) is 7.11. The van der Waals surface area contributed by atoms with Gasteiger partial charge in [0.15, 0.2) is 0 Å². The van der Waals surface area contributed by atoms with E-state index < -0.39 is 5.97 Å². The number of benzene rings is 2. The van der Waals surface area contributed by atoms with Gasteiger partial charge in [-0.1, -0.05) is 40.2 Å². The first-order chi connectivity index (χ1) is 12.1. The molecule has 3 aliphatic rings. The number of carboxylic acids is 1. The third kappa shape index (κ3) is 2.27. The zero-order valence-corrected chi connectivity index (χ0v) is 15.4. The maximum Gasteiger partial charge on any atom is 0.337 e. The minimum absolute atomic E-state index is 0.196. The summed E-state index contributed by atoms with van der Waals surface area (Å²) in [5, 5.41) is 13.3. The van der Waals surface area contributed by atoms with Crippen molar-refractivity contribution in [3.8, 4) is 0 Å². The Morgan fingerprint density at radius 3 is 2.60 bits per heavy atom. The number of rotatable bonds is 2. The van der Waals surface area contributed by atoms with Crippen LogP contribution < -0.4 is 5.32 Å². The molecule has 1 aliphatic heterocycles. The van der Waals surface area contributed by atoms with Gasteiger partial charge in [0.2, 0.25) is 0 Å². The second-order valence-electron chi connectivity index (χ2n) is 7.68. The molecule has 4 heteroatoms. The molecule has 2 aliphatic carbocycles. The lowest BCUT2D eigenvalue weighted by atomic mass is 9.67. The van der Waals surface area contributed by atoms with E-state index in [9.17, 15) is 9.90 Å². The smallest absolute Gasteiger partial charge is 0.337 e. The quantitative estimate of drug-likeness (QED) is 0.708. The number of nitrogens with one attached hydrogen (secondary N) is 1. The Kier molecular flexibility index (Phi) is 3.46. The van der Waals surface area contributed by atoms with Crippen molar-refractivity contribution in [2.24, 2.45) is 17.8 Å². The molecule has 0 amide bonds. The van der Waals surface area contributed by atoms with Gasteiger partial charge >= 0.3 is 5.97 Å². The highest BCUT2D eigenvalue weighted by Crippen LogP contribution is 2.63. The van der Waals surface area contributed by atoms with Crippen molar-refractivity contribution < 1.29 is 9.90 Å². The minimum Gasteiger partial charge on any atom is -0.478 e. The molecule has 0 aromatic heterocycles. The number of halogens is 1. The van der Waals surface area contributed by atoms with Crippen LogP contribution in [-0.2, 0) is 0 Å². The topological polar surface area (TPSA) is 49.3 Å². The summed E-state index contributed by atoms with van der Waals surface area (Å²) in [5.74, 6) is 1.66. The Hall–Kier alpha value is -1.81. The standard InChI is InChI=1S/C21H20BrNO2/c22-14-8-6-11(7-9-14)19-18-13-5-4-12(10-13)17(18)15-2-1-3-16(21(24)25)20(15)23-19/h1-3,6-9,12-13,17-19,23H,4-5,10H2,(H,24,25)/t12-,13+,17-,18+,19+/m0/s1. The second-order valence-corrected chi connectivity index (χ2v) is 8.60. The van der Waals surface area contributed by atoms with Crippen molar-refractivity contribution in [2.45, 2.75) is 31.2 Å². The second kappa shape index (κ2) is 5.60. The highest BCUT2D eigenvalue weighted by atomic mass is 79.9. The lowest BCUT2D eigenvalue weighted by molar-refractivity contribution is 0.0697. The van der Waals surface area contributed by atoms with Crippen molar-refractivity contribution in [3.05, 3.63) is 63.6 Å². The van der Waals surface area contributed by atoms with Gasteiger partial charge in [-0.15, -0.1) is 0 Å². The van der Waals surface area contributed by atoms with Crippen LogP contribution in [0.3, 0.4) is 0 Å².